The second-order valence-electron chi connectivity index (χ2n) is 5.35. The third-order valence-electron chi connectivity index (χ3n) is 4.21. The molecule has 1 aliphatic heterocycles. The number of hydrogen-bond donors (Lipinski definition) is 1. The second kappa shape index (κ2) is 5.17. The van der Waals surface area contributed by atoms with Gasteiger partial charge in [-0.05, 0) is 31.9 Å². The monoisotopic (exact) mass is 256 g/mol. The van der Waals surface area contributed by atoms with E-state index in [0.29, 0.717) is 12.6 Å². The van der Waals surface area contributed by atoms with Gasteiger partial charge in [-0.25, -0.2) is 0 Å². The number of rotatable bonds is 4. The molecule has 0 radical (unpaired) electrons. The molecule has 2 aromatic rings. The molecule has 1 fully saturated rings. The number of likely N-dealkylation sites (tertiary alicyclic amines) is 1. The summed E-state index contributed by atoms with van der Waals surface area (Å²) >= 11 is 0. The van der Waals surface area contributed by atoms with Gasteiger partial charge in [0.25, 0.3) is 0 Å². The van der Waals surface area contributed by atoms with Crippen molar-refractivity contribution in [3.8, 4) is 0 Å². The first-order valence-electron chi connectivity index (χ1n) is 7.13. The van der Waals surface area contributed by atoms with Crippen molar-refractivity contribution in [3.63, 3.8) is 0 Å². The maximum Gasteiger partial charge on any atom is 0.178 e. The molecule has 100 valence electrons. The van der Waals surface area contributed by atoms with E-state index in [1.807, 2.05) is 30.5 Å². The predicted molar refractivity (Wildman–Crippen MR) is 77.5 cm³/mol. The van der Waals surface area contributed by atoms with Crippen LogP contribution in [0, 0.1) is 0 Å². The zero-order valence-corrected chi connectivity index (χ0v) is 11.4. The number of hydrogen-bond acceptors (Lipinski definition) is 2. The highest BCUT2D eigenvalue weighted by molar-refractivity contribution is 6.08. The smallest absolute Gasteiger partial charge is 0.178 e. The van der Waals surface area contributed by atoms with E-state index in [4.69, 9.17) is 0 Å². The summed E-state index contributed by atoms with van der Waals surface area (Å²) in [6.07, 6.45) is 5.45. The molecular weight excluding hydrogens is 236 g/mol. The minimum absolute atomic E-state index is 0.234. The first-order valence-corrected chi connectivity index (χ1v) is 7.13. The summed E-state index contributed by atoms with van der Waals surface area (Å²) in [5, 5.41) is 1.04. The molecule has 1 N–H and O–H groups in total. The number of fused-ring (bicyclic) bond motifs is 1. The average molecular weight is 256 g/mol. The summed E-state index contributed by atoms with van der Waals surface area (Å²) in [4.78, 5) is 18.0. The predicted octanol–water partition coefficient (Wildman–Crippen LogP) is 3.23. The average Bonchev–Trinajstić information content (AvgIpc) is 3.04. The van der Waals surface area contributed by atoms with E-state index < -0.39 is 0 Å². The summed E-state index contributed by atoms with van der Waals surface area (Å²) in [5.74, 6) is 0.234. The Bertz CT molecular complexity index is 587. The fourth-order valence-electron chi connectivity index (χ4n) is 3.14. The van der Waals surface area contributed by atoms with Crippen LogP contribution in [0.4, 0.5) is 0 Å². The number of benzene rings is 1. The van der Waals surface area contributed by atoms with Gasteiger partial charge < -0.3 is 4.98 Å². The molecule has 0 saturated carbocycles. The number of ketones is 1. The van der Waals surface area contributed by atoms with Gasteiger partial charge in [0.1, 0.15) is 0 Å². The van der Waals surface area contributed by atoms with Crippen LogP contribution < -0.4 is 0 Å². The lowest BCUT2D eigenvalue weighted by Crippen LogP contribution is -2.33. The third-order valence-corrected chi connectivity index (χ3v) is 4.21. The van der Waals surface area contributed by atoms with Crippen molar-refractivity contribution >= 4 is 16.7 Å². The Morgan fingerprint density at radius 1 is 1.42 bits per heavy atom. The number of nitrogens with one attached hydrogen (secondary N) is 1. The van der Waals surface area contributed by atoms with Gasteiger partial charge in [-0.2, -0.15) is 0 Å². The molecule has 0 bridgehead atoms. The molecule has 19 heavy (non-hydrogen) atoms. The van der Waals surface area contributed by atoms with Crippen molar-refractivity contribution in [3.05, 3.63) is 36.0 Å². The van der Waals surface area contributed by atoms with Crippen molar-refractivity contribution in [2.75, 3.05) is 13.1 Å². The summed E-state index contributed by atoms with van der Waals surface area (Å²) in [5.41, 5.74) is 1.87. The number of H-pyrrole nitrogens is 1. The Morgan fingerprint density at radius 3 is 3.11 bits per heavy atom. The lowest BCUT2D eigenvalue weighted by atomic mass is 10.1. The topological polar surface area (TPSA) is 36.1 Å². The van der Waals surface area contributed by atoms with Crippen molar-refractivity contribution in [1.82, 2.24) is 9.88 Å². The number of nitrogens with zero attached hydrogens (tertiary/aromatic N) is 1. The summed E-state index contributed by atoms with van der Waals surface area (Å²) in [6, 6.07) is 8.59. The first-order chi connectivity index (χ1) is 9.29. The number of carbonyl (C=O) groups excluding carboxylic acids is 1. The fraction of sp³-hybridized carbons (Fsp3) is 0.438. The van der Waals surface area contributed by atoms with Gasteiger partial charge in [-0.3, -0.25) is 9.69 Å². The summed E-state index contributed by atoms with van der Waals surface area (Å²) < 4.78 is 0. The van der Waals surface area contributed by atoms with E-state index in [1.54, 1.807) is 0 Å². The molecule has 1 aromatic heterocycles. The standard InChI is InChI=1S/C16H20N2O/c1-2-12-6-5-9-18(12)11-16(19)14-10-17-15-8-4-3-7-13(14)15/h3-4,7-8,10,12,17H,2,5-6,9,11H2,1H3. The van der Waals surface area contributed by atoms with Crippen LogP contribution in [0.5, 0.6) is 0 Å². The Labute approximate surface area is 113 Å². The highest BCUT2D eigenvalue weighted by Gasteiger charge is 2.25. The quantitative estimate of drug-likeness (QED) is 0.853. The van der Waals surface area contributed by atoms with Gasteiger partial charge in [0.2, 0.25) is 0 Å². The molecule has 1 atom stereocenters. The number of para-hydroxylation sites is 1. The molecule has 1 saturated heterocycles. The normalized spacial score (nSPS) is 20.2. The molecule has 3 rings (SSSR count). The lowest BCUT2D eigenvalue weighted by Gasteiger charge is -2.22. The zero-order valence-electron chi connectivity index (χ0n) is 11.4. The SMILES string of the molecule is CCC1CCCN1CC(=O)c1c[nH]c2ccccc12. The summed E-state index contributed by atoms with van der Waals surface area (Å²) in [7, 11) is 0. The number of aromatic amines is 1. The van der Waals surface area contributed by atoms with Crippen LogP contribution in [0.2, 0.25) is 0 Å². The highest BCUT2D eigenvalue weighted by atomic mass is 16.1. The minimum Gasteiger partial charge on any atom is -0.360 e. The molecule has 2 heterocycles. The number of aromatic nitrogens is 1. The van der Waals surface area contributed by atoms with Crippen LogP contribution in [0.1, 0.15) is 36.5 Å². The lowest BCUT2D eigenvalue weighted by molar-refractivity contribution is 0.0922. The molecule has 0 spiro atoms. The first kappa shape index (κ1) is 12.4. The second-order valence-corrected chi connectivity index (χ2v) is 5.35. The number of carbonyl (C=O) groups is 1. The molecule has 0 aliphatic carbocycles. The van der Waals surface area contributed by atoms with Gasteiger partial charge in [0.15, 0.2) is 5.78 Å². The largest absolute Gasteiger partial charge is 0.360 e. The number of Topliss-reactive ketones (excluding diaryl/α,β-unsaturated/α-hetero) is 1. The van der Waals surface area contributed by atoms with Crippen LogP contribution >= 0.6 is 0 Å². The molecule has 3 heteroatoms. The van der Waals surface area contributed by atoms with Crippen molar-refractivity contribution < 1.29 is 4.79 Å². The van der Waals surface area contributed by atoms with Gasteiger partial charge in [0, 0.05) is 28.7 Å². The van der Waals surface area contributed by atoms with Crippen molar-refractivity contribution in [2.24, 2.45) is 0 Å². The zero-order chi connectivity index (χ0) is 13.2. The molecule has 1 aliphatic rings. The Balaban J connectivity index is 1.80. The van der Waals surface area contributed by atoms with E-state index in [1.165, 1.54) is 12.8 Å². The maximum absolute atomic E-state index is 12.5. The van der Waals surface area contributed by atoms with Gasteiger partial charge in [-0.15, -0.1) is 0 Å². The van der Waals surface area contributed by atoms with Crippen LogP contribution in [-0.2, 0) is 0 Å². The van der Waals surface area contributed by atoms with Gasteiger partial charge >= 0.3 is 0 Å². The van der Waals surface area contributed by atoms with Crippen LogP contribution in [0.25, 0.3) is 10.9 Å². The van der Waals surface area contributed by atoms with Gasteiger partial charge in [-0.1, -0.05) is 25.1 Å². The summed E-state index contributed by atoms with van der Waals surface area (Å²) in [6.45, 7) is 3.83. The van der Waals surface area contributed by atoms with Gasteiger partial charge in [0.05, 0.1) is 6.54 Å². The van der Waals surface area contributed by atoms with E-state index in [2.05, 4.69) is 16.8 Å². The Morgan fingerprint density at radius 2 is 2.26 bits per heavy atom. The van der Waals surface area contributed by atoms with E-state index in [0.717, 1.165) is 29.4 Å². The molecule has 1 aromatic carbocycles. The molecular formula is C16H20N2O. The molecule has 1 unspecified atom stereocenters. The third kappa shape index (κ3) is 2.30. The minimum atomic E-state index is 0.234. The fourth-order valence-corrected chi connectivity index (χ4v) is 3.14. The molecule has 0 amide bonds. The highest BCUT2D eigenvalue weighted by Crippen LogP contribution is 2.22. The molecule has 3 nitrogen and oxygen atoms in total. The maximum atomic E-state index is 12.5. The van der Waals surface area contributed by atoms with Crippen LogP contribution in [-0.4, -0.2) is 34.8 Å². The van der Waals surface area contributed by atoms with E-state index >= 15 is 0 Å². The van der Waals surface area contributed by atoms with E-state index in [-0.39, 0.29) is 5.78 Å². The Kier molecular flexibility index (Phi) is 3.38. The Hall–Kier alpha value is -1.61. The van der Waals surface area contributed by atoms with Crippen molar-refractivity contribution in [2.45, 2.75) is 32.2 Å². The van der Waals surface area contributed by atoms with E-state index in [9.17, 15) is 4.79 Å². The van der Waals surface area contributed by atoms with Crippen LogP contribution in [0.15, 0.2) is 30.5 Å². The van der Waals surface area contributed by atoms with Crippen LogP contribution in [0.3, 0.4) is 0 Å². The van der Waals surface area contributed by atoms with Crippen molar-refractivity contribution in [1.29, 1.82) is 0 Å².